The van der Waals surface area contributed by atoms with E-state index in [0.29, 0.717) is 6.07 Å². The molecule has 0 bridgehead atoms. The predicted molar refractivity (Wildman–Crippen MR) is 67.4 cm³/mol. The number of aromatic nitrogens is 1. The van der Waals surface area contributed by atoms with E-state index in [4.69, 9.17) is 10.8 Å². The highest BCUT2D eigenvalue weighted by molar-refractivity contribution is 9.10. The van der Waals surface area contributed by atoms with Crippen molar-refractivity contribution in [2.75, 3.05) is 12.3 Å². The number of halogens is 7. The van der Waals surface area contributed by atoms with Crippen molar-refractivity contribution in [1.82, 2.24) is 10.3 Å². The minimum absolute atomic E-state index is 0.435. The highest BCUT2D eigenvalue weighted by Gasteiger charge is 2.38. The number of aliphatic hydroxyl groups excluding tert-OH is 1. The number of hydrogen-bond donors (Lipinski definition) is 3. The first-order valence-corrected chi connectivity index (χ1v) is 6.35. The SMILES string of the molecule is Nc1cc(C(F)(F)F)c(Br)nc1OC(=O)NCC(O)C(F)(F)F. The first-order valence-electron chi connectivity index (χ1n) is 5.56. The predicted octanol–water partition coefficient (Wildman–Crippen LogP) is 2.46. The number of carbonyl (C=O) groups is 1. The number of anilines is 1. The third-order valence-electron chi connectivity index (χ3n) is 2.28. The fraction of sp³-hybridized carbons (Fsp3) is 0.400. The van der Waals surface area contributed by atoms with Crippen LogP contribution in [0.4, 0.5) is 36.8 Å². The number of nitrogens with one attached hydrogen (secondary N) is 1. The molecule has 1 heterocycles. The summed E-state index contributed by atoms with van der Waals surface area (Å²) in [5.41, 5.74) is 3.36. The summed E-state index contributed by atoms with van der Waals surface area (Å²) in [6.07, 6.45) is -14.0. The molecule has 0 aromatic carbocycles. The van der Waals surface area contributed by atoms with Crippen molar-refractivity contribution >= 4 is 27.7 Å². The number of nitrogens with two attached hydrogens (primary N) is 1. The zero-order chi connectivity index (χ0) is 18.0. The molecular weight excluding hydrogens is 404 g/mol. The number of carbonyl (C=O) groups excluding carboxylic acids is 1. The van der Waals surface area contributed by atoms with Crippen molar-refractivity contribution in [1.29, 1.82) is 0 Å². The van der Waals surface area contributed by atoms with Gasteiger partial charge in [0, 0.05) is 0 Å². The van der Waals surface area contributed by atoms with Gasteiger partial charge in [-0.1, -0.05) is 0 Å². The van der Waals surface area contributed by atoms with Crippen molar-refractivity contribution in [3.05, 3.63) is 16.2 Å². The molecule has 6 nitrogen and oxygen atoms in total. The van der Waals surface area contributed by atoms with Crippen LogP contribution in [-0.2, 0) is 6.18 Å². The Balaban J connectivity index is 2.78. The Morgan fingerprint density at radius 1 is 1.39 bits per heavy atom. The van der Waals surface area contributed by atoms with Gasteiger partial charge in [-0.15, -0.1) is 0 Å². The van der Waals surface area contributed by atoms with Gasteiger partial charge in [0.1, 0.15) is 4.60 Å². The first-order chi connectivity index (χ1) is 10.3. The number of ether oxygens (including phenoxy) is 1. The lowest BCUT2D eigenvalue weighted by Crippen LogP contribution is -2.41. The average molecular weight is 412 g/mol. The number of nitrogens with zero attached hydrogens (tertiary/aromatic N) is 1. The van der Waals surface area contributed by atoms with E-state index >= 15 is 0 Å². The number of aliphatic hydroxyl groups is 1. The topological polar surface area (TPSA) is 97.5 Å². The average Bonchev–Trinajstić information content (AvgIpc) is 2.37. The first kappa shape index (κ1) is 19.3. The van der Waals surface area contributed by atoms with Crippen LogP contribution in [0.15, 0.2) is 10.7 Å². The van der Waals surface area contributed by atoms with E-state index in [1.165, 1.54) is 0 Å². The Hall–Kier alpha value is -1.76. The molecule has 13 heteroatoms. The Bertz CT molecular complexity index is 592. The quantitative estimate of drug-likeness (QED) is 0.524. The van der Waals surface area contributed by atoms with Gasteiger partial charge < -0.3 is 20.9 Å². The molecule has 0 aliphatic rings. The molecule has 4 N–H and O–H groups in total. The maximum Gasteiger partial charge on any atom is 0.419 e. The molecule has 0 saturated heterocycles. The lowest BCUT2D eigenvalue weighted by atomic mass is 10.2. The van der Waals surface area contributed by atoms with E-state index in [-0.39, 0.29) is 0 Å². The highest BCUT2D eigenvalue weighted by Crippen LogP contribution is 2.37. The van der Waals surface area contributed by atoms with Gasteiger partial charge in [-0.05, 0) is 22.0 Å². The van der Waals surface area contributed by atoms with Gasteiger partial charge in [-0.25, -0.2) is 9.78 Å². The summed E-state index contributed by atoms with van der Waals surface area (Å²) in [7, 11) is 0. The summed E-state index contributed by atoms with van der Waals surface area (Å²) in [5, 5.41) is 10.2. The normalized spacial score (nSPS) is 13.6. The maximum absolute atomic E-state index is 12.6. The monoisotopic (exact) mass is 411 g/mol. The van der Waals surface area contributed by atoms with Gasteiger partial charge in [-0.3, -0.25) is 0 Å². The smallest absolute Gasteiger partial charge is 0.394 e. The van der Waals surface area contributed by atoms with Gasteiger partial charge in [0.15, 0.2) is 6.10 Å². The lowest BCUT2D eigenvalue weighted by molar-refractivity contribution is -0.201. The van der Waals surface area contributed by atoms with Crippen LogP contribution in [0.2, 0.25) is 0 Å². The number of hydrogen-bond acceptors (Lipinski definition) is 5. The molecular formula is C10H8BrF6N3O3. The second kappa shape index (κ2) is 6.78. The molecule has 1 amide bonds. The molecule has 1 atom stereocenters. The number of nitrogen functional groups attached to an aromatic ring is 1. The van der Waals surface area contributed by atoms with Gasteiger partial charge >= 0.3 is 18.4 Å². The standard InChI is InChI=1S/C10H8BrF6N3O3/c11-6-3(9(12,13)14)1-4(18)7(20-6)23-8(22)19-2-5(21)10(15,16)17/h1,5,21H,2,18H2,(H,19,22). The molecule has 0 radical (unpaired) electrons. The van der Waals surface area contributed by atoms with Gasteiger partial charge in [0.25, 0.3) is 0 Å². The molecule has 1 unspecified atom stereocenters. The minimum atomic E-state index is -4.96. The van der Waals surface area contributed by atoms with E-state index in [1.54, 1.807) is 5.32 Å². The molecule has 0 aliphatic carbocycles. The van der Waals surface area contributed by atoms with Crippen LogP contribution in [0, 0.1) is 0 Å². The third kappa shape index (κ3) is 5.42. The molecule has 0 fully saturated rings. The Morgan fingerprint density at radius 3 is 2.43 bits per heavy atom. The largest absolute Gasteiger partial charge is 0.419 e. The summed E-state index contributed by atoms with van der Waals surface area (Å²) in [6, 6.07) is 0.435. The van der Waals surface area contributed by atoms with Crippen LogP contribution in [-0.4, -0.2) is 35.0 Å². The van der Waals surface area contributed by atoms with E-state index < -0.39 is 52.8 Å². The zero-order valence-corrected chi connectivity index (χ0v) is 12.4. The lowest BCUT2D eigenvalue weighted by Gasteiger charge is -2.15. The summed E-state index contributed by atoms with van der Waals surface area (Å²) in [5.74, 6) is -0.746. The molecule has 0 saturated carbocycles. The Labute approximate surface area is 132 Å². The van der Waals surface area contributed by atoms with Crippen molar-refractivity contribution < 1.29 is 41.0 Å². The van der Waals surface area contributed by atoms with Crippen LogP contribution in [0.3, 0.4) is 0 Å². The highest BCUT2D eigenvalue weighted by atomic mass is 79.9. The van der Waals surface area contributed by atoms with E-state index in [2.05, 4.69) is 25.7 Å². The molecule has 1 rings (SSSR count). The van der Waals surface area contributed by atoms with Crippen LogP contribution in [0.1, 0.15) is 5.56 Å². The number of rotatable bonds is 3. The fourth-order valence-electron chi connectivity index (χ4n) is 1.19. The van der Waals surface area contributed by atoms with Crippen LogP contribution < -0.4 is 15.8 Å². The summed E-state index contributed by atoms with van der Waals surface area (Å²) < 4.78 is 77.4. The van der Waals surface area contributed by atoms with Crippen molar-refractivity contribution in [3.63, 3.8) is 0 Å². The number of amides is 1. The fourth-order valence-corrected chi connectivity index (χ4v) is 1.69. The van der Waals surface area contributed by atoms with Crippen LogP contribution >= 0.6 is 15.9 Å². The molecule has 1 aromatic heterocycles. The Kier molecular flexibility index (Phi) is 5.69. The summed E-state index contributed by atoms with van der Waals surface area (Å²) in [6.45, 7) is -1.22. The van der Waals surface area contributed by atoms with E-state index in [9.17, 15) is 31.1 Å². The van der Waals surface area contributed by atoms with Gasteiger partial charge in [0.2, 0.25) is 5.88 Å². The van der Waals surface area contributed by atoms with Gasteiger partial charge in [-0.2, -0.15) is 26.3 Å². The number of alkyl halides is 6. The van der Waals surface area contributed by atoms with Crippen molar-refractivity contribution in [2.45, 2.75) is 18.5 Å². The van der Waals surface area contributed by atoms with E-state index in [1.807, 2.05) is 0 Å². The molecule has 0 aliphatic heterocycles. The second-order valence-corrected chi connectivity index (χ2v) is 4.80. The van der Waals surface area contributed by atoms with Crippen LogP contribution in [0.25, 0.3) is 0 Å². The van der Waals surface area contributed by atoms with E-state index in [0.717, 1.165) is 0 Å². The maximum atomic E-state index is 12.6. The van der Waals surface area contributed by atoms with Crippen LogP contribution in [0.5, 0.6) is 5.88 Å². The van der Waals surface area contributed by atoms with Crippen molar-refractivity contribution in [3.8, 4) is 5.88 Å². The second-order valence-electron chi connectivity index (χ2n) is 4.05. The van der Waals surface area contributed by atoms with Gasteiger partial charge in [0.05, 0.1) is 17.8 Å². The molecule has 23 heavy (non-hydrogen) atoms. The number of pyridine rings is 1. The minimum Gasteiger partial charge on any atom is -0.394 e. The molecule has 1 aromatic rings. The summed E-state index contributed by atoms with van der Waals surface area (Å²) in [4.78, 5) is 14.5. The molecule has 0 spiro atoms. The summed E-state index contributed by atoms with van der Waals surface area (Å²) >= 11 is 2.51. The Morgan fingerprint density at radius 2 is 1.96 bits per heavy atom. The molecule has 130 valence electrons. The van der Waals surface area contributed by atoms with Crippen molar-refractivity contribution in [2.24, 2.45) is 0 Å². The third-order valence-corrected chi connectivity index (χ3v) is 2.89. The zero-order valence-electron chi connectivity index (χ0n) is 10.8.